The average Bonchev–Trinajstić information content (AvgIpc) is 3.22. The zero-order chi connectivity index (χ0) is 20.1. The Balaban J connectivity index is 1.35. The van der Waals surface area contributed by atoms with Gasteiger partial charge >= 0.3 is 0 Å². The van der Waals surface area contributed by atoms with Crippen molar-refractivity contribution in [2.75, 3.05) is 18.7 Å². The molecule has 29 heavy (non-hydrogen) atoms. The molecular weight excluding hydrogens is 370 g/mol. The van der Waals surface area contributed by atoms with Crippen LogP contribution in [0.2, 0.25) is 0 Å². The highest BCUT2D eigenvalue weighted by atomic mass is 16.7. The van der Waals surface area contributed by atoms with Crippen LogP contribution in [0.3, 0.4) is 0 Å². The molecule has 0 bridgehead atoms. The molecule has 7 heteroatoms. The first-order valence-electron chi connectivity index (χ1n) is 9.83. The Morgan fingerprint density at radius 3 is 2.66 bits per heavy atom. The molecule has 1 aromatic carbocycles. The van der Waals surface area contributed by atoms with Crippen LogP contribution < -0.4 is 20.1 Å². The fourth-order valence-corrected chi connectivity index (χ4v) is 3.42. The quantitative estimate of drug-likeness (QED) is 0.731. The summed E-state index contributed by atoms with van der Waals surface area (Å²) in [7, 11) is 0. The smallest absolute Gasteiger partial charge is 0.274 e. The first kappa shape index (κ1) is 19.0. The van der Waals surface area contributed by atoms with Crippen molar-refractivity contribution >= 4 is 17.5 Å². The summed E-state index contributed by atoms with van der Waals surface area (Å²) in [5.74, 6) is 0.547. The van der Waals surface area contributed by atoms with Crippen molar-refractivity contribution in [3.63, 3.8) is 0 Å². The first-order valence-corrected chi connectivity index (χ1v) is 9.83. The maximum atomic E-state index is 12.5. The topological polar surface area (TPSA) is 89.6 Å². The molecule has 0 atom stereocenters. The van der Waals surface area contributed by atoms with Crippen LogP contribution in [0.5, 0.6) is 11.5 Å². The molecule has 0 spiro atoms. The lowest BCUT2D eigenvalue weighted by Crippen LogP contribution is -2.26. The summed E-state index contributed by atoms with van der Waals surface area (Å²) in [4.78, 5) is 29.1. The van der Waals surface area contributed by atoms with Gasteiger partial charge in [0.25, 0.3) is 11.8 Å². The number of anilines is 1. The van der Waals surface area contributed by atoms with Gasteiger partial charge in [0.05, 0.1) is 0 Å². The second-order valence-corrected chi connectivity index (χ2v) is 7.04. The van der Waals surface area contributed by atoms with E-state index in [-0.39, 0.29) is 24.1 Å². The number of hydrogen-bond donors (Lipinski definition) is 2. The van der Waals surface area contributed by atoms with Crippen molar-refractivity contribution in [2.24, 2.45) is 0 Å². The van der Waals surface area contributed by atoms with Gasteiger partial charge in [-0.05, 0) is 56.4 Å². The molecule has 0 unspecified atom stereocenters. The molecule has 2 aliphatic rings. The monoisotopic (exact) mass is 393 g/mol. The lowest BCUT2D eigenvalue weighted by atomic mass is 9.97. The fourth-order valence-electron chi connectivity index (χ4n) is 3.42. The summed E-state index contributed by atoms with van der Waals surface area (Å²) in [6, 6.07) is 9.98. The number of aromatic nitrogens is 1. The lowest BCUT2D eigenvalue weighted by molar-refractivity contribution is 0.0949. The second kappa shape index (κ2) is 8.77. The maximum Gasteiger partial charge on any atom is 0.274 e. The highest BCUT2D eigenvalue weighted by Crippen LogP contribution is 2.34. The van der Waals surface area contributed by atoms with Crippen LogP contribution in [-0.4, -0.2) is 30.1 Å². The van der Waals surface area contributed by atoms with Crippen LogP contribution in [0.15, 0.2) is 48.0 Å². The van der Waals surface area contributed by atoms with Crippen LogP contribution in [0.4, 0.5) is 5.69 Å². The normalized spacial score (nSPS) is 14.8. The SMILES string of the molecule is O=C(NCCC1=CCCCC1)c1cccc(C(=O)Nc2ccc3c(c2)OCO3)n1. The van der Waals surface area contributed by atoms with E-state index in [0.717, 1.165) is 19.3 Å². The number of pyridine rings is 1. The molecule has 1 aliphatic carbocycles. The van der Waals surface area contributed by atoms with Gasteiger partial charge in [-0.25, -0.2) is 4.98 Å². The molecule has 0 saturated heterocycles. The van der Waals surface area contributed by atoms with Crippen LogP contribution in [0.25, 0.3) is 0 Å². The number of allylic oxidation sites excluding steroid dienone is 1. The van der Waals surface area contributed by atoms with Crippen molar-refractivity contribution in [1.29, 1.82) is 0 Å². The van der Waals surface area contributed by atoms with Gasteiger partial charge in [-0.1, -0.05) is 17.7 Å². The third-order valence-corrected chi connectivity index (χ3v) is 4.96. The first-order chi connectivity index (χ1) is 14.2. The van der Waals surface area contributed by atoms with E-state index >= 15 is 0 Å². The van der Waals surface area contributed by atoms with Gasteiger partial charge in [0.2, 0.25) is 6.79 Å². The van der Waals surface area contributed by atoms with Crippen LogP contribution in [-0.2, 0) is 0 Å². The predicted octanol–water partition coefficient (Wildman–Crippen LogP) is 3.68. The minimum atomic E-state index is -0.397. The molecule has 0 fully saturated rings. The molecule has 1 aliphatic heterocycles. The minimum Gasteiger partial charge on any atom is -0.454 e. The maximum absolute atomic E-state index is 12.5. The number of fused-ring (bicyclic) bond motifs is 1. The lowest BCUT2D eigenvalue weighted by Gasteiger charge is -2.13. The van der Waals surface area contributed by atoms with Crippen molar-refractivity contribution in [3.05, 3.63) is 59.4 Å². The third-order valence-electron chi connectivity index (χ3n) is 4.96. The molecule has 0 radical (unpaired) electrons. The predicted molar refractivity (Wildman–Crippen MR) is 108 cm³/mol. The van der Waals surface area contributed by atoms with Crippen molar-refractivity contribution in [3.8, 4) is 11.5 Å². The highest BCUT2D eigenvalue weighted by Gasteiger charge is 2.16. The van der Waals surface area contributed by atoms with Crippen molar-refractivity contribution in [2.45, 2.75) is 32.1 Å². The Kier molecular flexibility index (Phi) is 5.74. The van der Waals surface area contributed by atoms with E-state index < -0.39 is 5.91 Å². The molecule has 2 amide bonds. The van der Waals surface area contributed by atoms with E-state index in [1.807, 2.05) is 0 Å². The van der Waals surface area contributed by atoms with Gasteiger partial charge in [0.15, 0.2) is 11.5 Å². The van der Waals surface area contributed by atoms with Gasteiger partial charge in [0, 0.05) is 18.3 Å². The Labute approximate surface area is 169 Å². The van der Waals surface area contributed by atoms with Gasteiger partial charge in [-0.3, -0.25) is 9.59 Å². The molecule has 2 N–H and O–H groups in total. The van der Waals surface area contributed by atoms with Crippen LogP contribution in [0.1, 0.15) is 53.1 Å². The van der Waals surface area contributed by atoms with E-state index in [1.165, 1.54) is 18.4 Å². The second-order valence-electron chi connectivity index (χ2n) is 7.04. The number of carbonyl (C=O) groups excluding carboxylic acids is 2. The van der Waals surface area contributed by atoms with Crippen molar-refractivity contribution < 1.29 is 19.1 Å². The molecule has 2 heterocycles. The highest BCUT2D eigenvalue weighted by molar-refractivity contribution is 6.04. The number of carbonyl (C=O) groups is 2. The van der Waals surface area contributed by atoms with Gasteiger partial charge in [-0.2, -0.15) is 0 Å². The van der Waals surface area contributed by atoms with Gasteiger partial charge in [-0.15, -0.1) is 0 Å². The summed E-state index contributed by atoms with van der Waals surface area (Å²) in [5.41, 5.74) is 2.37. The Bertz CT molecular complexity index is 955. The molecule has 1 aromatic heterocycles. The molecule has 0 saturated carbocycles. The van der Waals surface area contributed by atoms with Gasteiger partial charge < -0.3 is 20.1 Å². The zero-order valence-corrected chi connectivity index (χ0v) is 16.1. The molecular formula is C22H23N3O4. The van der Waals surface area contributed by atoms with E-state index in [1.54, 1.807) is 36.4 Å². The summed E-state index contributed by atoms with van der Waals surface area (Å²) >= 11 is 0. The van der Waals surface area contributed by atoms with Gasteiger partial charge in [0.1, 0.15) is 11.4 Å². The number of hydrogen-bond acceptors (Lipinski definition) is 5. The largest absolute Gasteiger partial charge is 0.454 e. The van der Waals surface area contributed by atoms with E-state index in [4.69, 9.17) is 9.47 Å². The Hall–Kier alpha value is -3.35. The Morgan fingerprint density at radius 2 is 1.83 bits per heavy atom. The summed E-state index contributed by atoms with van der Waals surface area (Å²) in [6.07, 6.45) is 7.85. The van der Waals surface area contributed by atoms with Crippen LogP contribution in [0, 0.1) is 0 Å². The summed E-state index contributed by atoms with van der Waals surface area (Å²) in [6.45, 7) is 0.739. The number of nitrogens with one attached hydrogen (secondary N) is 2. The number of amides is 2. The zero-order valence-electron chi connectivity index (χ0n) is 16.1. The van der Waals surface area contributed by atoms with E-state index in [2.05, 4.69) is 21.7 Å². The number of rotatable bonds is 6. The summed E-state index contributed by atoms with van der Waals surface area (Å²) < 4.78 is 10.6. The Morgan fingerprint density at radius 1 is 1.00 bits per heavy atom. The average molecular weight is 393 g/mol. The van der Waals surface area contributed by atoms with E-state index in [0.29, 0.717) is 23.7 Å². The van der Waals surface area contributed by atoms with Crippen LogP contribution >= 0.6 is 0 Å². The molecule has 4 rings (SSSR count). The fraction of sp³-hybridized carbons (Fsp3) is 0.318. The van der Waals surface area contributed by atoms with E-state index in [9.17, 15) is 9.59 Å². The number of ether oxygens (including phenoxy) is 2. The van der Waals surface area contributed by atoms with Crippen molar-refractivity contribution in [1.82, 2.24) is 10.3 Å². The third kappa shape index (κ3) is 4.74. The minimum absolute atomic E-state index is 0.169. The standard InChI is InChI=1S/C22H23N3O4/c26-21(23-12-11-15-5-2-1-3-6-15)17-7-4-8-18(25-17)22(27)24-16-9-10-19-20(13-16)29-14-28-19/h4-5,7-10,13H,1-3,6,11-12,14H2,(H,23,26)(H,24,27). The molecule has 150 valence electrons. The summed E-state index contributed by atoms with van der Waals surface area (Å²) in [5, 5.41) is 5.65. The number of nitrogens with zero attached hydrogens (tertiary/aromatic N) is 1. The molecule has 7 nitrogen and oxygen atoms in total. The number of benzene rings is 1. The molecule has 2 aromatic rings.